The molecule has 1 heterocycles. The number of hydrogen-bond acceptors (Lipinski definition) is 1. The topological polar surface area (TPSA) is 48.0 Å². The fourth-order valence-electron chi connectivity index (χ4n) is 4.17. The Hall–Kier alpha value is -2.98. The van der Waals surface area contributed by atoms with Gasteiger partial charge in [-0.2, -0.15) is 0 Å². The SMILES string of the molecule is NC(=O)c1cccc2c1c1[c]cc(-c3c(Cl)cccc3Cl)cc1n2Cc1cccc(Cl)c1. The van der Waals surface area contributed by atoms with Crippen LogP contribution in [0.4, 0.5) is 0 Å². The summed E-state index contributed by atoms with van der Waals surface area (Å²) in [7, 11) is 0. The predicted molar refractivity (Wildman–Crippen MR) is 133 cm³/mol. The zero-order chi connectivity index (χ0) is 22.4. The number of aromatic nitrogens is 1. The molecule has 5 aromatic rings. The van der Waals surface area contributed by atoms with E-state index in [4.69, 9.17) is 40.5 Å². The average Bonchev–Trinajstić information content (AvgIpc) is 3.07. The summed E-state index contributed by atoms with van der Waals surface area (Å²) in [6.45, 7) is 0.552. The maximum atomic E-state index is 12.2. The number of primary amides is 1. The van der Waals surface area contributed by atoms with Crippen molar-refractivity contribution in [2.24, 2.45) is 5.73 Å². The van der Waals surface area contributed by atoms with Crippen molar-refractivity contribution >= 4 is 62.5 Å². The quantitative estimate of drug-likeness (QED) is 0.288. The Morgan fingerprint density at radius 2 is 1.62 bits per heavy atom. The van der Waals surface area contributed by atoms with Crippen LogP contribution in [-0.2, 0) is 6.54 Å². The largest absolute Gasteiger partial charge is 0.366 e. The average molecular weight is 479 g/mol. The number of carbonyl (C=O) groups is 1. The Labute approximate surface area is 199 Å². The van der Waals surface area contributed by atoms with E-state index in [1.165, 1.54) is 0 Å². The molecule has 32 heavy (non-hydrogen) atoms. The van der Waals surface area contributed by atoms with Crippen LogP contribution in [-0.4, -0.2) is 10.5 Å². The molecule has 0 aliphatic carbocycles. The number of nitrogens with zero attached hydrogens (tertiary/aromatic N) is 1. The van der Waals surface area contributed by atoms with Gasteiger partial charge in [0.1, 0.15) is 0 Å². The van der Waals surface area contributed by atoms with E-state index < -0.39 is 5.91 Å². The molecule has 0 atom stereocenters. The highest BCUT2D eigenvalue weighted by molar-refractivity contribution is 6.39. The Kier molecular flexibility index (Phi) is 5.34. The molecule has 0 aliphatic heterocycles. The van der Waals surface area contributed by atoms with Crippen molar-refractivity contribution in [1.82, 2.24) is 4.57 Å². The monoisotopic (exact) mass is 477 g/mol. The zero-order valence-electron chi connectivity index (χ0n) is 16.7. The molecule has 0 spiro atoms. The molecule has 4 aromatic carbocycles. The molecule has 0 saturated carbocycles. The van der Waals surface area contributed by atoms with Gasteiger partial charge in [-0.1, -0.05) is 59.1 Å². The summed E-state index contributed by atoms with van der Waals surface area (Å²) in [5.74, 6) is -0.482. The third-order valence-electron chi connectivity index (χ3n) is 5.54. The minimum Gasteiger partial charge on any atom is -0.366 e. The van der Waals surface area contributed by atoms with Crippen molar-refractivity contribution in [1.29, 1.82) is 0 Å². The van der Waals surface area contributed by atoms with E-state index in [9.17, 15) is 4.79 Å². The minimum absolute atomic E-state index is 0.456. The molecule has 1 radical (unpaired) electrons. The van der Waals surface area contributed by atoms with E-state index in [-0.39, 0.29) is 0 Å². The zero-order valence-corrected chi connectivity index (χ0v) is 19.0. The summed E-state index contributed by atoms with van der Waals surface area (Å²) in [6, 6.07) is 25.9. The van der Waals surface area contributed by atoms with Crippen LogP contribution in [0.2, 0.25) is 15.1 Å². The van der Waals surface area contributed by atoms with Crippen LogP contribution in [0.5, 0.6) is 0 Å². The van der Waals surface area contributed by atoms with Gasteiger partial charge in [0, 0.05) is 43.5 Å². The third-order valence-corrected chi connectivity index (χ3v) is 6.41. The van der Waals surface area contributed by atoms with Crippen molar-refractivity contribution in [3.05, 3.63) is 105 Å². The van der Waals surface area contributed by atoms with E-state index in [2.05, 4.69) is 10.6 Å². The van der Waals surface area contributed by atoms with E-state index in [0.29, 0.717) is 27.2 Å². The van der Waals surface area contributed by atoms with Gasteiger partial charge in [-0.05, 0) is 65.7 Å². The van der Waals surface area contributed by atoms with E-state index >= 15 is 0 Å². The standard InChI is InChI=1S/C26H16Cl3N2O/c27-17-5-1-4-15(12-17)14-31-22-9-2-6-19(26(30)32)25(22)18-11-10-16(13-23(18)31)24-20(28)7-3-8-21(24)29/h1-10,12-13H,14H2,(H2,30,32). The summed E-state index contributed by atoms with van der Waals surface area (Å²) in [5, 5.41) is 3.36. The molecular weight excluding hydrogens is 463 g/mol. The molecule has 157 valence electrons. The number of hydrogen-bond donors (Lipinski definition) is 1. The van der Waals surface area contributed by atoms with Crippen LogP contribution < -0.4 is 5.73 Å². The molecule has 0 unspecified atom stereocenters. The maximum absolute atomic E-state index is 12.2. The number of halogens is 3. The van der Waals surface area contributed by atoms with Gasteiger partial charge < -0.3 is 10.3 Å². The first-order chi connectivity index (χ1) is 15.4. The summed E-state index contributed by atoms with van der Waals surface area (Å²) in [4.78, 5) is 12.2. The Bertz CT molecular complexity index is 1500. The van der Waals surface area contributed by atoms with Crippen molar-refractivity contribution in [3.63, 3.8) is 0 Å². The second-order valence-electron chi connectivity index (χ2n) is 7.53. The highest BCUT2D eigenvalue weighted by atomic mass is 35.5. The van der Waals surface area contributed by atoms with E-state index in [1.54, 1.807) is 18.2 Å². The fourth-order valence-corrected chi connectivity index (χ4v) is 5.00. The second kappa shape index (κ2) is 8.18. The smallest absolute Gasteiger partial charge is 0.249 e. The summed E-state index contributed by atoms with van der Waals surface area (Å²) < 4.78 is 2.13. The number of amides is 1. The Balaban J connectivity index is 1.84. The predicted octanol–water partition coefficient (Wildman–Crippen LogP) is 7.37. The molecule has 6 heteroatoms. The lowest BCUT2D eigenvalue weighted by Crippen LogP contribution is -2.11. The van der Waals surface area contributed by atoms with Crippen LogP contribution in [0.1, 0.15) is 15.9 Å². The molecule has 0 bridgehead atoms. The molecule has 0 saturated heterocycles. The third kappa shape index (κ3) is 3.53. The lowest BCUT2D eigenvalue weighted by molar-refractivity contribution is 0.100. The molecule has 0 fully saturated rings. The lowest BCUT2D eigenvalue weighted by atomic mass is 10.0. The van der Waals surface area contributed by atoms with Crippen LogP contribution >= 0.6 is 34.8 Å². The summed E-state index contributed by atoms with van der Waals surface area (Å²) in [5.41, 5.74) is 10.5. The van der Waals surface area contributed by atoms with Crippen LogP contribution in [0, 0.1) is 6.07 Å². The van der Waals surface area contributed by atoms with Crippen LogP contribution in [0.15, 0.2) is 72.8 Å². The summed E-state index contributed by atoms with van der Waals surface area (Å²) >= 11 is 19.2. The van der Waals surface area contributed by atoms with Gasteiger partial charge in [0.05, 0.1) is 11.0 Å². The minimum atomic E-state index is -0.482. The first-order valence-corrected chi connectivity index (χ1v) is 11.0. The number of carbonyl (C=O) groups excluding carboxylic acids is 1. The molecule has 0 aliphatic rings. The van der Waals surface area contributed by atoms with Gasteiger partial charge in [0.2, 0.25) is 5.91 Å². The van der Waals surface area contributed by atoms with Gasteiger partial charge in [0.15, 0.2) is 0 Å². The highest BCUT2D eigenvalue weighted by Gasteiger charge is 2.18. The van der Waals surface area contributed by atoms with Gasteiger partial charge in [0.25, 0.3) is 0 Å². The fraction of sp³-hybridized carbons (Fsp3) is 0.0385. The second-order valence-corrected chi connectivity index (χ2v) is 8.78. The maximum Gasteiger partial charge on any atom is 0.249 e. The normalized spacial score (nSPS) is 11.3. The van der Waals surface area contributed by atoms with Crippen molar-refractivity contribution in [2.75, 3.05) is 0 Å². The lowest BCUT2D eigenvalue weighted by Gasteiger charge is -2.11. The molecule has 3 nitrogen and oxygen atoms in total. The first-order valence-electron chi connectivity index (χ1n) is 9.89. The molecule has 1 aromatic heterocycles. The number of benzene rings is 4. The Morgan fingerprint density at radius 1 is 0.906 bits per heavy atom. The molecule has 5 rings (SSSR count). The molecular formula is C26H16Cl3N2O. The van der Waals surface area contributed by atoms with Gasteiger partial charge in [-0.25, -0.2) is 0 Å². The molecule has 2 N–H and O–H groups in total. The first kappa shape index (κ1) is 20.9. The van der Waals surface area contributed by atoms with Crippen molar-refractivity contribution in [3.8, 4) is 11.1 Å². The van der Waals surface area contributed by atoms with Crippen LogP contribution in [0.3, 0.4) is 0 Å². The highest BCUT2D eigenvalue weighted by Crippen LogP contribution is 2.39. The van der Waals surface area contributed by atoms with Gasteiger partial charge >= 0.3 is 0 Å². The van der Waals surface area contributed by atoms with E-state index in [1.807, 2.05) is 54.6 Å². The molecule has 1 amide bonds. The summed E-state index contributed by atoms with van der Waals surface area (Å²) in [6.07, 6.45) is 0. The number of nitrogens with two attached hydrogens (primary N) is 1. The van der Waals surface area contributed by atoms with Crippen LogP contribution in [0.25, 0.3) is 32.9 Å². The Morgan fingerprint density at radius 3 is 2.34 bits per heavy atom. The van der Waals surface area contributed by atoms with Crippen molar-refractivity contribution in [2.45, 2.75) is 6.54 Å². The number of fused-ring (bicyclic) bond motifs is 3. The van der Waals surface area contributed by atoms with Crippen molar-refractivity contribution < 1.29 is 4.79 Å². The van der Waals surface area contributed by atoms with Gasteiger partial charge in [-0.3, -0.25) is 4.79 Å². The van der Waals surface area contributed by atoms with Gasteiger partial charge in [-0.15, -0.1) is 0 Å². The van der Waals surface area contributed by atoms with E-state index in [0.717, 1.165) is 38.5 Å². The number of rotatable bonds is 4.